The van der Waals surface area contributed by atoms with Crippen LogP contribution in [0.25, 0.3) is 10.4 Å². The summed E-state index contributed by atoms with van der Waals surface area (Å²) in [6.45, 7) is 0.735. The summed E-state index contributed by atoms with van der Waals surface area (Å²) in [5.41, 5.74) is 2.45. The summed E-state index contributed by atoms with van der Waals surface area (Å²) in [6, 6.07) is 13.2. The number of carbonyl (C=O) groups is 1. The van der Waals surface area contributed by atoms with Crippen molar-refractivity contribution in [1.29, 1.82) is 0 Å². The van der Waals surface area contributed by atoms with Crippen LogP contribution in [-0.2, 0) is 11.3 Å². The van der Waals surface area contributed by atoms with Crippen LogP contribution in [0.3, 0.4) is 0 Å². The molecule has 0 N–H and O–H groups in total. The molecule has 92 valence electrons. The second-order valence-corrected chi connectivity index (χ2v) is 5.63. The van der Waals surface area contributed by atoms with E-state index < -0.39 is 0 Å². The number of nitrogens with zero attached hydrogens (tertiary/aromatic N) is 1. The van der Waals surface area contributed by atoms with Crippen molar-refractivity contribution < 1.29 is 4.79 Å². The molecule has 1 aromatic heterocycles. The van der Waals surface area contributed by atoms with E-state index in [1.807, 2.05) is 4.90 Å². The molecule has 1 aromatic carbocycles. The molecule has 0 radical (unpaired) electrons. The Balaban J connectivity index is 1.72. The van der Waals surface area contributed by atoms with Crippen molar-refractivity contribution in [3.63, 3.8) is 0 Å². The second-order valence-electron chi connectivity index (χ2n) is 4.68. The van der Waals surface area contributed by atoms with E-state index >= 15 is 0 Å². The number of hydrogen-bond donors (Lipinski definition) is 0. The van der Waals surface area contributed by atoms with E-state index in [0.717, 1.165) is 25.8 Å². The molecule has 1 saturated carbocycles. The third-order valence-corrected chi connectivity index (χ3v) is 4.19. The quantitative estimate of drug-likeness (QED) is 0.750. The van der Waals surface area contributed by atoms with Gasteiger partial charge in [-0.25, -0.2) is 0 Å². The molecule has 18 heavy (non-hydrogen) atoms. The van der Waals surface area contributed by atoms with Crippen LogP contribution in [0, 0.1) is 0 Å². The van der Waals surface area contributed by atoms with E-state index in [4.69, 9.17) is 0 Å². The molecule has 1 aliphatic rings. The fourth-order valence-electron chi connectivity index (χ4n) is 2.09. The Hall–Kier alpha value is -1.61. The third-order valence-electron chi connectivity index (χ3n) is 3.28. The summed E-state index contributed by atoms with van der Waals surface area (Å²) in [5.74, 6) is 0. The number of rotatable bonds is 5. The largest absolute Gasteiger partial charge is 0.338 e. The van der Waals surface area contributed by atoms with Crippen LogP contribution in [0.15, 0.2) is 41.8 Å². The fraction of sp³-hybridized carbons (Fsp3) is 0.267. The lowest BCUT2D eigenvalue weighted by molar-refractivity contribution is -0.119. The molecule has 0 atom stereocenters. The molecule has 0 unspecified atom stereocenters. The van der Waals surface area contributed by atoms with Crippen LogP contribution in [-0.4, -0.2) is 17.4 Å². The first kappa shape index (κ1) is 11.5. The van der Waals surface area contributed by atoms with E-state index in [-0.39, 0.29) is 0 Å². The molecule has 1 fully saturated rings. The van der Waals surface area contributed by atoms with E-state index in [0.29, 0.717) is 6.04 Å². The minimum Gasteiger partial charge on any atom is -0.338 e. The Morgan fingerprint density at radius 2 is 2.00 bits per heavy atom. The lowest BCUT2D eigenvalue weighted by Gasteiger charge is -2.16. The normalized spacial score (nSPS) is 14.4. The van der Waals surface area contributed by atoms with Crippen LogP contribution in [0.4, 0.5) is 0 Å². The van der Waals surface area contributed by atoms with Gasteiger partial charge in [0.1, 0.15) is 0 Å². The summed E-state index contributed by atoms with van der Waals surface area (Å²) in [6.07, 6.45) is 3.29. The summed E-state index contributed by atoms with van der Waals surface area (Å²) >= 11 is 1.75. The summed E-state index contributed by atoms with van der Waals surface area (Å²) in [4.78, 5) is 14.2. The van der Waals surface area contributed by atoms with Crippen molar-refractivity contribution in [2.24, 2.45) is 0 Å². The van der Waals surface area contributed by atoms with Gasteiger partial charge in [0.15, 0.2) is 0 Å². The van der Waals surface area contributed by atoms with Crippen LogP contribution >= 0.6 is 11.3 Å². The highest BCUT2D eigenvalue weighted by atomic mass is 32.1. The van der Waals surface area contributed by atoms with Gasteiger partial charge in [0, 0.05) is 17.5 Å². The first-order valence-electron chi connectivity index (χ1n) is 6.20. The van der Waals surface area contributed by atoms with Gasteiger partial charge in [0.2, 0.25) is 6.41 Å². The van der Waals surface area contributed by atoms with E-state index in [1.54, 1.807) is 11.3 Å². The molecule has 3 rings (SSSR count). The highest BCUT2D eigenvalue weighted by Gasteiger charge is 2.27. The van der Waals surface area contributed by atoms with Crippen molar-refractivity contribution in [3.8, 4) is 10.4 Å². The summed E-state index contributed by atoms with van der Waals surface area (Å²) in [5, 5.41) is 2.09. The van der Waals surface area contributed by atoms with Gasteiger partial charge in [0.05, 0.1) is 0 Å². The van der Waals surface area contributed by atoms with Gasteiger partial charge in [-0.2, -0.15) is 0 Å². The highest BCUT2D eigenvalue weighted by molar-refractivity contribution is 7.13. The maximum Gasteiger partial charge on any atom is 0.210 e. The average molecular weight is 257 g/mol. The molecule has 2 nitrogen and oxygen atoms in total. The number of thiophene rings is 1. The molecule has 0 saturated heterocycles. The summed E-state index contributed by atoms with van der Waals surface area (Å²) in [7, 11) is 0. The van der Waals surface area contributed by atoms with Gasteiger partial charge >= 0.3 is 0 Å². The average Bonchev–Trinajstić information content (AvgIpc) is 3.11. The Labute approximate surface area is 111 Å². The van der Waals surface area contributed by atoms with E-state index in [9.17, 15) is 4.79 Å². The van der Waals surface area contributed by atoms with Crippen molar-refractivity contribution in [1.82, 2.24) is 4.90 Å². The predicted molar refractivity (Wildman–Crippen MR) is 74.4 cm³/mol. The van der Waals surface area contributed by atoms with Crippen LogP contribution < -0.4 is 0 Å². The standard InChI is InChI=1S/C15H15NOS/c17-11-16(14-7-8-14)10-12-3-5-13(6-4-12)15-2-1-9-18-15/h1-6,9,11,14H,7-8,10H2. The number of carbonyl (C=O) groups excluding carboxylic acids is 1. The molecule has 2 aromatic rings. The van der Waals surface area contributed by atoms with Crippen LogP contribution in [0.2, 0.25) is 0 Å². The number of hydrogen-bond acceptors (Lipinski definition) is 2. The third kappa shape index (κ3) is 2.46. The highest BCUT2D eigenvalue weighted by Crippen LogP contribution is 2.28. The Morgan fingerprint density at radius 3 is 2.56 bits per heavy atom. The van der Waals surface area contributed by atoms with Crippen molar-refractivity contribution in [3.05, 3.63) is 47.3 Å². The molecule has 1 aliphatic carbocycles. The lowest BCUT2D eigenvalue weighted by atomic mass is 10.1. The first-order chi connectivity index (χ1) is 8.86. The van der Waals surface area contributed by atoms with Crippen molar-refractivity contribution in [2.75, 3.05) is 0 Å². The zero-order chi connectivity index (χ0) is 12.4. The number of benzene rings is 1. The Bertz CT molecular complexity index is 514. The van der Waals surface area contributed by atoms with E-state index in [1.165, 1.54) is 16.0 Å². The van der Waals surface area contributed by atoms with Gasteiger partial charge < -0.3 is 4.90 Å². The SMILES string of the molecule is O=CN(Cc1ccc(-c2cccs2)cc1)C1CC1. The summed E-state index contributed by atoms with van der Waals surface area (Å²) < 4.78 is 0. The fourth-order valence-corrected chi connectivity index (χ4v) is 2.82. The molecule has 0 spiro atoms. The Morgan fingerprint density at radius 1 is 1.22 bits per heavy atom. The van der Waals surface area contributed by atoms with Gasteiger partial charge in [-0.1, -0.05) is 30.3 Å². The predicted octanol–water partition coefficient (Wildman–Crippen LogP) is 3.54. The molecule has 0 bridgehead atoms. The molecule has 1 heterocycles. The van der Waals surface area contributed by atoms with E-state index in [2.05, 4.69) is 41.8 Å². The number of amides is 1. The minimum absolute atomic E-state index is 0.486. The van der Waals surface area contributed by atoms with Gasteiger partial charge in [-0.05, 0) is 35.4 Å². The van der Waals surface area contributed by atoms with Gasteiger partial charge in [0.25, 0.3) is 0 Å². The van der Waals surface area contributed by atoms with Gasteiger partial charge in [-0.3, -0.25) is 4.79 Å². The topological polar surface area (TPSA) is 20.3 Å². The lowest BCUT2D eigenvalue weighted by Crippen LogP contribution is -2.23. The second kappa shape index (κ2) is 4.94. The molecule has 3 heteroatoms. The zero-order valence-corrected chi connectivity index (χ0v) is 10.9. The molecule has 1 amide bonds. The molecular formula is C15H15NOS. The first-order valence-corrected chi connectivity index (χ1v) is 7.08. The van der Waals surface area contributed by atoms with Crippen LogP contribution in [0.5, 0.6) is 0 Å². The maximum atomic E-state index is 11.0. The Kier molecular flexibility index (Phi) is 3.15. The van der Waals surface area contributed by atoms with Gasteiger partial charge in [-0.15, -0.1) is 11.3 Å². The van der Waals surface area contributed by atoms with Crippen LogP contribution in [0.1, 0.15) is 18.4 Å². The minimum atomic E-state index is 0.486. The smallest absolute Gasteiger partial charge is 0.210 e. The van der Waals surface area contributed by atoms with Crippen molar-refractivity contribution >= 4 is 17.7 Å². The maximum absolute atomic E-state index is 11.0. The van der Waals surface area contributed by atoms with Crippen molar-refractivity contribution in [2.45, 2.75) is 25.4 Å². The monoisotopic (exact) mass is 257 g/mol. The zero-order valence-electron chi connectivity index (χ0n) is 10.1. The molecule has 0 aliphatic heterocycles. The molecular weight excluding hydrogens is 242 g/mol.